The Morgan fingerprint density at radius 3 is 2.10 bits per heavy atom. The van der Waals surface area contributed by atoms with Crippen molar-refractivity contribution in [3.8, 4) is 0 Å². The Kier molecular flexibility index (Phi) is 7.59. The van der Waals surface area contributed by atoms with E-state index in [-0.39, 0.29) is 11.5 Å². The van der Waals surface area contributed by atoms with Crippen molar-refractivity contribution < 1.29 is 32.6 Å². The number of benzene rings is 2. The molecule has 0 heterocycles. The molecule has 0 bridgehead atoms. The Balaban J connectivity index is 2.10. The maximum Gasteiger partial charge on any atom is 0.317 e. The van der Waals surface area contributed by atoms with E-state index in [2.05, 4.69) is 0 Å². The quantitative estimate of drug-likeness (QED) is 0.288. The first-order valence-corrected chi connectivity index (χ1v) is 9.98. The number of carbonyl (C=O) groups excluding carboxylic acids is 2. The smallest absolute Gasteiger partial charge is 0.317 e. The van der Waals surface area contributed by atoms with Gasteiger partial charge in [0.25, 0.3) is 0 Å². The van der Waals surface area contributed by atoms with Gasteiger partial charge in [0.15, 0.2) is 5.78 Å². The molecule has 9 nitrogen and oxygen atoms in total. The van der Waals surface area contributed by atoms with Crippen LogP contribution in [-0.4, -0.2) is 37.4 Å². The highest BCUT2D eigenvalue weighted by atomic mass is 32.2. The van der Waals surface area contributed by atoms with Gasteiger partial charge >= 0.3 is 11.9 Å². The molecule has 154 valence electrons. The second kappa shape index (κ2) is 9.92. The molecule has 0 aliphatic carbocycles. The first-order chi connectivity index (χ1) is 13.7. The SMILES string of the molecule is NC(NS(=O)(=O)c1ccccc1)C(=O)C(CC(=O)O)C(=O)OCc1ccccc1. The second-order valence-corrected chi connectivity index (χ2v) is 7.77. The monoisotopic (exact) mass is 420 g/mol. The van der Waals surface area contributed by atoms with E-state index in [1.807, 2.05) is 4.72 Å². The van der Waals surface area contributed by atoms with Crippen LogP contribution in [0.4, 0.5) is 0 Å². The number of aliphatic carboxylic acids is 1. The second-order valence-electron chi connectivity index (χ2n) is 6.06. The van der Waals surface area contributed by atoms with Gasteiger partial charge in [-0.15, -0.1) is 0 Å². The number of sulfonamides is 1. The van der Waals surface area contributed by atoms with Gasteiger partial charge in [0.2, 0.25) is 10.0 Å². The van der Waals surface area contributed by atoms with Crippen LogP contribution in [0.1, 0.15) is 12.0 Å². The number of carbonyl (C=O) groups is 3. The standard InChI is InChI=1S/C19H20N2O7S/c20-18(21-29(26,27)14-9-5-2-6-10-14)17(24)15(11-16(22)23)19(25)28-12-13-7-3-1-4-8-13/h1-10,15,18,21H,11-12,20H2,(H,22,23). The highest BCUT2D eigenvalue weighted by Crippen LogP contribution is 2.13. The van der Waals surface area contributed by atoms with E-state index in [1.54, 1.807) is 36.4 Å². The molecule has 10 heteroatoms. The lowest BCUT2D eigenvalue weighted by molar-refractivity contribution is -0.157. The molecule has 29 heavy (non-hydrogen) atoms. The lowest BCUT2D eigenvalue weighted by Crippen LogP contribution is -2.51. The van der Waals surface area contributed by atoms with Gasteiger partial charge in [-0.05, 0) is 17.7 Å². The number of esters is 1. The summed E-state index contributed by atoms with van der Waals surface area (Å²) in [6.07, 6.45) is -2.71. The van der Waals surface area contributed by atoms with Gasteiger partial charge in [0.05, 0.1) is 11.3 Å². The fourth-order valence-corrected chi connectivity index (χ4v) is 3.52. The zero-order chi connectivity index (χ0) is 21.4. The van der Waals surface area contributed by atoms with Crippen LogP contribution in [0.5, 0.6) is 0 Å². The fraction of sp³-hybridized carbons (Fsp3) is 0.211. The minimum Gasteiger partial charge on any atom is -0.481 e. The zero-order valence-electron chi connectivity index (χ0n) is 15.2. The minimum atomic E-state index is -4.14. The predicted molar refractivity (Wildman–Crippen MR) is 102 cm³/mol. The normalized spacial score (nSPS) is 13.3. The van der Waals surface area contributed by atoms with Crippen molar-refractivity contribution in [2.24, 2.45) is 11.7 Å². The largest absolute Gasteiger partial charge is 0.481 e. The molecule has 0 aliphatic rings. The van der Waals surface area contributed by atoms with E-state index in [4.69, 9.17) is 15.6 Å². The average molecular weight is 420 g/mol. The third-order valence-corrected chi connectivity index (χ3v) is 5.33. The first kappa shape index (κ1) is 22.2. The van der Waals surface area contributed by atoms with Crippen molar-refractivity contribution >= 4 is 27.7 Å². The minimum absolute atomic E-state index is 0.135. The van der Waals surface area contributed by atoms with Gasteiger partial charge in [-0.3, -0.25) is 14.4 Å². The van der Waals surface area contributed by atoms with Crippen LogP contribution < -0.4 is 10.5 Å². The van der Waals surface area contributed by atoms with Crippen molar-refractivity contribution in [3.63, 3.8) is 0 Å². The number of rotatable bonds is 10. The summed E-state index contributed by atoms with van der Waals surface area (Å²) in [7, 11) is -4.14. The van der Waals surface area contributed by atoms with Crippen LogP contribution in [-0.2, 0) is 35.8 Å². The Morgan fingerprint density at radius 2 is 1.55 bits per heavy atom. The molecular formula is C19H20N2O7S. The number of carboxylic acids is 1. The number of nitrogens with two attached hydrogens (primary N) is 1. The Morgan fingerprint density at radius 1 is 1.00 bits per heavy atom. The third-order valence-electron chi connectivity index (χ3n) is 3.87. The molecule has 2 aromatic rings. The molecule has 0 saturated heterocycles. The van der Waals surface area contributed by atoms with Gasteiger partial charge in [-0.2, -0.15) is 4.72 Å². The Hall–Kier alpha value is -3.08. The van der Waals surface area contributed by atoms with Gasteiger partial charge < -0.3 is 15.6 Å². The molecular weight excluding hydrogens is 400 g/mol. The molecule has 2 rings (SSSR count). The number of hydrogen-bond acceptors (Lipinski definition) is 7. The van der Waals surface area contributed by atoms with Crippen LogP contribution in [0.25, 0.3) is 0 Å². The van der Waals surface area contributed by atoms with Gasteiger partial charge in [-0.25, -0.2) is 8.42 Å². The summed E-state index contributed by atoms with van der Waals surface area (Å²) in [5.74, 6) is -5.40. The van der Waals surface area contributed by atoms with Crippen LogP contribution in [0.2, 0.25) is 0 Å². The fourth-order valence-electron chi connectivity index (χ4n) is 2.41. The third kappa shape index (κ3) is 6.49. The zero-order valence-corrected chi connectivity index (χ0v) is 16.0. The van der Waals surface area contributed by atoms with Crippen LogP contribution >= 0.6 is 0 Å². The summed E-state index contributed by atoms with van der Waals surface area (Å²) >= 11 is 0. The Bertz CT molecular complexity index is 963. The van der Waals surface area contributed by atoms with Crippen molar-refractivity contribution in [3.05, 3.63) is 66.2 Å². The van der Waals surface area contributed by atoms with Crippen LogP contribution in [0, 0.1) is 5.92 Å². The molecule has 0 spiro atoms. The molecule has 0 saturated carbocycles. The molecule has 0 aliphatic heterocycles. The van der Waals surface area contributed by atoms with E-state index < -0.39 is 46.2 Å². The van der Waals surface area contributed by atoms with E-state index >= 15 is 0 Å². The van der Waals surface area contributed by atoms with Gasteiger partial charge in [0, 0.05) is 0 Å². The number of ether oxygens (including phenoxy) is 1. The van der Waals surface area contributed by atoms with Gasteiger partial charge in [-0.1, -0.05) is 48.5 Å². The van der Waals surface area contributed by atoms with E-state index in [0.717, 1.165) is 0 Å². The van der Waals surface area contributed by atoms with E-state index in [1.165, 1.54) is 24.3 Å². The van der Waals surface area contributed by atoms with E-state index in [9.17, 15) is 22.8 Å². The molecule has 0 fully saturated rings. The van der Waals surface area contributed by atoms with E-state index in [0.29, 0.717) is 5.56 Å². The molecule has 0 radical (unpaired) electrons. The summed E-state index contributed by atoms with van der Waals surface area (Å²) in [5, 5.41) is 9.02. The highest BCUT2D eigenvalue weighted by Gasteiger charge is 2.36. The van der Waals surface area contributed by atoms with Crippen molar-refractivity contribution in [1.82, 2.24) is 4.72 Å². The summed E-state index contributed by atoms with van der Waals surface area (Å²) in [6.45, 7) is -0.173. The lowest BCUT2D eigenvalue weighted by Gasteiger charge is -2.18. The number of nitrogens with one attached hydrogen (secondary N) is 1. The number of hydrogen-bond donors (Lipinski definition) is 3. The highest BCUT2D eigenvalue weighted by molar-refractivity contribution is 7.89. The summed E-state index contributed by atoms with van der Waals surface area (Å²) in [6, 6.07) is 15.7. The van der Waals surface area contributed by atoms with Gasteiger partial charge in [0.1, 0.15) is 18.7 Å². The van der Waals surface area contributed by atoms with Crippen molar-refractivity contribution in [2.45, 2.75) is 24.1 Å². The predicted octanol–water partition coefficient (Wildman–Crippen LogP) is 0.653. The van der Waals surface area contributed by atoms with Crippen molar-refractivity contribution in [1.29, 1.82) is 0 Å². The average Bonchev–Trinajstić information content (AvgIpc) is 2.70. The lowest BCUT2D eigenvalue weighted by atomic mass is 9.98. The van der Waals surface area contributed by atoms with Crippen LogP contribution in [0.15, 0.2) is 65.6 Å². The molecule has 4 N–H and O–H groups in total. The molecule has 2 aromatic carbocycles. The molecule has 0 aromatic heterocycles. The van der Waals surface area contributed by atoms with Crippen LogP contribution in [0.3, 0.4) is 0 Å². The maximum atomic E-state index is 12.5. The summed E-state index contributed by atoms with van der Waals surface area (Å²) in [4.78, 5) is 35.8. The number of ketones is 1. The van der Waals surface area contributed by atoms with Crippen molar-refractivity contribution in [2.75, 3.05) is 0 Å². The first-order valence-electron chi connectivity index (χ1n) is 8.50. The molecule has 2 unspecified atom stereocenters. The summed E-state index contributed by atoms with van der Waals surface area (Å²) in [5.41, 5.74) is 6.26. The summed E-state index contributed by atoms with van der Waals surface area (Å²) < 4.78 is 31.6. The molecule has 0 amide bonds. The maximum absolute atomic E-state index is 12.5. The Labute approximate surface area is 167 Å². The topological polar surface area (TPSA) is 153 Å². The molecule has 2 atom stereocenters. The number of carboxylic acid groups (broad SMARTS) is 1. The number of Topliss-reactive ketones (excluding diaryl/α,β-unsaturated/α-hetero) is 1.